The summed E-state index contributed by atoms with van der Waals surface area (Å²) in [5.74, 6) is -0.228. The first kappa shape index (κ1) is 22.3. The van der Waals surface area contributed by atoms with Gasteiger partial charge in [0.25, 0.3) is 10.0 Å². The summed E-state index contributed by atoms with van der Waals surface area (Å²) in [5.41, 5.74) is 1.28. The van der Waals surface area contributed by atoms with Crippen molar-refractivity contribution in [3.8, 4) is 0 Å². The van der Waals surface area contributed by atoms with Crippen LogP contribution in [0.5, 0.6) is 0 Å². The highest BCUT2D eigenvalue weighted by molar-refractivity contribution is 7.92. The SMILES string of the molecule is CC(=O)Nc1ccc(S(=O)(=O)Nc2ccc(C3(C(=O)NC[C@@H]4CCCO4)CC3)cc2)cc1. The van der Waals surface area contributed by atoms with Crippen molar-refractivity contribution in [3.05, 3.63) is 54.1 Å². The molecule has 1 aliphatic heterocycles. The zero-order chi connectivity index (χ0) is 22.8. The minimum absolute atomic E-state index is 0.000547. The van der Waals surface area contributed by atoms with E-state index in [4.69, 9.17) is 4.74 Å². The molecule has 0 spiro atoms. The van der Waals surface area contributed by atoms with Gasteiger partial charge in [0.2, 0.25) is 11.8 Å². The molecule has 1 atom stereocenters. The summed E-state index contributed by atoms with van der Waals surface area (Å²) in [4.78, 5) is 24.0. The summed E-state index contributed by atoms with van der Waals surface area (Å²) < 4.78 is 33.5. The van der Waals surface area contributed by atoms with Gasteiger partial charge in [0.15, 0.2) is 0 Å². The highest BCUT2D eigenvalue weighted by atomic mass is 32.2. The Morgan fingerprint density at radius 1 is 1.03 bits per heavy atom. The zero-order valence-corrected chi connectivity index (χ0v) is 18.7. The molecule has 0 bridgehead atoms. The van der Waals surface area contributed by atoms with Crippen LogP contribution in [-0.4, -0.2) is 39.5 Å². The topological polar surface area (TPSA) is 114 Å². The van der Waals surface area contributed by atoms with E-state index in [1.54, 1.807) is 24.3 Å². The Labute approximate surface area is 187 Å². The van der Waals surface area contributed by atoms with E-state index >= 15 is 0 Å². The highest BCUT2D eigenvalue weighted by Gasteiger charge is 2.51. The Kier molecular flexibility index (Phi) is 6.21. The highest BCUT2D eigenvalue weighted by Crippen LogP contribution is 2.48. The molecular weight excluding hydrogens is 430 g/mol. The Balaban J connectivity index is 1.39. The third-order valence-electron chi connectivity index (χ3n) is 5.87. The van der Waals surface area contributed by atoms with Crippen molar-refractivity contribution in [1.29, 1.82) is 0 Å². The van der Waals surface area contributed by atoms with Crippen molar-refractivity contribution >= 4 is 33.2 Å². The number of hydrogen-bond donors (Lipinski definition) is 3. The minimum atomic E-state index is -3.78. The van der Waals surface area contributed by atoms with E-state index in [0.717, 1.165) is 37.9 Å². The fraction of sp³-hybridized carbons (Fsp3) is 0.391. The van der Waals surface area contributed by atoms with E-state index in [0.29, 0.717) is 17.9 Å². The van der Waals surface area contributed by atoms with Gasteiger partial charge in [0, 0.05) is 31.5 Å². The molecule has 1 saturated heterocycles. The van der Waals surface area contributed by atoms with Gasteiger partial charge in [-0.15, -0.1) is 0 Å². The molecule has 9 heteroatoms. The summed E-state index contributed by atoms with van der Waals surface area (Å²) in [5, 5.41) is 5.61. The molecule has 170 valence electrons. The summed E-state index contributed by atoms with van der Waals surface area (Å²) in [6.45, 7) is 2.66. The second-order valence-electron chi connectivity index (χ2n) is 8.32. The second-order valence-corrected chi connectivity index (χ2v) is 10.00. The molecule has 2 amide bonds. The van der Waals surface area contributed by atoms with Crippen LogP contribution in [0.4, 0.5) is 11.4 Å². The van der Waals surface area contributed by atoms with Crippen molar-refractivity contribution in [2.24, 2.45) is 0 Å². The Morgan fingerprint density at radius 2 is 1.69 bits per heavy atom. The maximum atomic E-state index is 12.8. The number of sulfonamides is 1. The normalized spacial score (nSPS) is 19.2. The van der Waals surface area contributed by atoms with E-state index in [2.05, 4.69) is 15.4 Å². The maximum Gasteiger partial charge on any atom is 0.261 e. The Bertz CT molecular complexity index is 1090. The van der Waals surface area contributed by atoms with E-state index in [1.165, 1.54) is 31.2 Å². The third-order valence-corrected chi connectivity index (χ3v) is 7.27. The number of ether oxygens (including phenoxy) is 1. The fourth-order valence-electron chi connectivity index (χ4n) is 3.94. The fourth-order valence-corrected chi connectivity index (χ4v) is 5.00. The molecule has 1 aliphatic carbocycles. The molecule has 2 aliphatic rings. The van der Waals surface area contributed by atoms with Crippen molar-refractivity contribution in [1.82, 2.24) is 5.32 Å². The monoisotopic (exact) mass is 457 g/mol. The van der Waals surface area contributed by atoms with Crippen molar-refractivity contribution in [3.63, 3.8) is 0 Å². The van der Waals surface area contributed by atoms with Gasteiger partial charge in [-0.1, -0.05) is 12.1 Å². The molecule has 2 fully saturated rings. The summed E-state index contributed by atoms with van der Waals surface area (Å²) in [7, 11) is -3.78. The number of carbonyl (C=O) groups excluding carboxylic acids is 2. The van der Waals surface area contributed by atoms with E-state index < -0.39 is 15.4 Å². The Morgan fingerprint density at radius 3 is 2.25 bits per heavy atom. The number of rotatable bonds is 8. The molecule has 2 aromatic carbocycles. The third kappa shape index (κ3) is 4.94. The Hall–Kier alpha value is -2.91. The van der Waals surface area contributed by atoms with Crippen LogP contribution in [0.2, 0.25) is 0 Å². The van der Waals surface area contributed by atoms with Crippen LogP contribution in [0.25, 0.3) is 0 Å². The lowest BCUT2D eigenvalue weighted by atomic mass is 9.94. The van der Waals surface area contributed by atoms with Crippen LogP contribution >= 0.6 is 0 Å². The smallest absolute Gasteiger partial charge is 0.261 e. The number of anilines is 2. The lowest BCUT2D eigenvalue weighted by Crippen LogP contribution is -2.39. The molecule has 8 nitrogen and oxygen atoms in total. The van der Waals surface area contributed by atoms with Crippen LogP contribution < -0.4 is 15.4 Å². The summed E-state index contributed by atoms with van der Waals surface area (Å²) in [6.07, 6.45) is 3.64. The molecule has 3 N–H and O–H groups in total. The number of carbonyl (C=O) groups is 2. The van der Waals surface area contributed by atoms with Crippen LogP contribution in [0.3, 0.4) is 0 Å². The molecule has 1 heterocycles. The second kappa shape index (κ2) is 8.91. The predicted molar refractivity (Wildman–Crippen MR) is 121 cm³/mol. The minimum Gasteiger partial charge on any atom is -0.376 e. The largest absolute Gasteiger partial charge is 0.376 e. The van der Waals surface area contributed by atoms with Gasteiger partial charge in [0.05, 0.1) is 16.4 Å². The van der Waals surface area contributed by atoms with Crippen LogP contribution in [0.1, 0.15) is 38.2 Å². The van der Waals surface area contributed by atoms with Gasteiger partial charge in [-0.2, -0.15) is 0 Å². The average molecular weight is 458 g/mol. The van der Waals surface area contributed by atoms with Crippen LogP contribution in [0, 0.1) is 0 Å². The van der Waals surface area contributed by atoms with Crippen molar-refractivity contribution in [2.75, 3.05) is 23.2 Å². The van der Waals surface area contributed by atoms with E-state index in [-0.39, 0.29) is 22.8 Å². The molecule has 32 heavy (non-hydrogen) atoms. The number of nitrogens with one attached hydrogen (secondary N) is 3. The van der Waals surface area contributed by atoms with Gasteiger partial charge < -0.3 is 15.4 Å². The standard InChI is InChI=1S/C23H27N3O5S/c1-16(27)25-18-8-10-21(11-9-18)32(29,30)26-19-6-4-17(5-7-19)23(12-13-23)22(28)24-15-20-3-2-14-31-20/h4-11,20,26H,2-3,12-15H2,1H3,(H,24,28)(H,25,27)/t20-/m0/s1. The number of amides is 2. The van der Waals surface area contributed by atoms with Crippen molar-refractivity contribution < 1.29 is 22.7 Å². The molecular formula is C23H27N3O5S. The first-order chi connectivity index (χ1) is 15.3. The quantitative estimate of drug-likeness (QED) is 0.564. The maximum absolute atomic E-state index is 12.8. The number of benzene rings is 2. The molecule has 0 aromatic heterocycles. The van der Waals surface area contributed by atoms with Gasteiger partial charge in [-0.3, -0.25) is 14.3 Å². The van der Waals surface area contributed by atoms with Gasteiger partial charge in [-0.25, -0.2) is 8.42 Å². The first-order valence-corrected chi connectivity index (χ1v) is 12.2. The zero-order valence-electron chi connectivity index (χ0n) is 17.9. The molecule has 2 aromatic rings. The number of hydrogen-bond acceptors (Lipinski definition) is 5. The average Bonchev–Trinajstić information content (AvgIpc) is 3.40. The molecule has 0 unspecified atom stereocenters. The van der Waals surface area contributed by atoms with Crippen LogP contribution in [-0.2, 0) is 29.8 Å². The predicted octanol–water partition coefficient (Wildman–Crippen LogP) is 2.77. The summed E-state index contributed by atoms with van der Waals surface area (Å²) in [6, 6.07) is 12.9. The van der Waals surface area contributed by atoms with Gasteiger partial charge in [-0.05, 0) is 67.6 Å². The van der Waals surface area contributed by atoms with E-state index in [9.17, 15) is 18.0 Å². The van der Waals surface area contributed by atoms with Crippen LogP contribution in [0.15, 0.2) is 53.4 Å². The lowest BCUT2D eigenvalue weighted by Gasteiger charge is -2.18. The van der Waals surface area contributed by atoms with Gasteiger partial charge in [0.1, 0.15) is 0 Å². The lowest BCUT2D eigenvalue weighted by molar-refractivity contribution is -0.124. The molecule has 0 radical (unpaired) electrons. The van der Waals surface area contributed by atoms with Crippen molar-refractivity contribution in [2.45, 2.75) is 49.0 Å². The first-order valence-electron chi connectivity index (χ1n) is 10.7. The summed E-state index contributed by atoms with van der Waals surface area (Å²) >= 11 is 0. The van der Waals surface area contributed by atoms with Gasteiger partial charge >= 0.3 is 0 Å². The molecule has 1 saturated carbocycles. The molecule has 4 rings (SSSR count). The van der Waals surface area contributed by atoms with E-state index in [1.807, 2.05) is 0 Å².